The molecule has 0 aliphatic heterocycles. The lowest BCUT2D eigenvalue weighted by molar-refractivity contribution is -0.108. The minimum absolute atomic E-state index is 0.412. The van der Waals surface area contributed by atoms with Gasteiger partial charge in [0, 0.05) is 13.0 Å². The molecule has 0 rings (SSSR count). The van der Waals surface area contributed by atoms with Crippen LogP contribution in [0.3, 0.4) is 0 Å². The number of carbonyl (C=O) groups is 1. The lowest BCUT2D eigenvalue weighted by Gasteiger charge is -2.05. The Balaban J connectivity index is 2.83. The van der Waals surface area contributed by atoms with E-state index < -0.39 is 0 Å². The molecule has 0 heterocycles. The van der Waals surface area contributed by atoms with Crippen LogP contribution in [0.4, 0.5) is 0 Å². The van der Waals surface area contributed by atoms with Gasteiger partial charge < -0.3 is 24.2 Å². The molecule has 0 radical (unpaired) electrons. The second kappa shape index (κ2) is 13.5. The summed E-state index contributed by atoms with van der Waals surface area (Å²) < 4.78 is 15.3. The van der Waals surface area contributed by atoms with E-state index in [9.17, 15) is 4.79 Å². The standard InChI is InChI=1S/C9H19NO5/c11-3-1-4-13-6-8-15-9-7-14-5-2-10-12/h3,10,12H,1-2,4-9H2. The minimum Gasteiger partial charge on any atom is -0.379 e. The molecule has 0 aliphatic carbocycles. The Kier molecular flexibility index (Phi) is 13.0. The largest absolute Gasteiger partial charge is 0.379 e. The quantitative estimate of drug-likeness (QED) is 0.265. The van der Waals surface area contributed by atoms with Gasteiger partial charge in [-0.05, 0) is 0 Å². The first-order valence-electron chi connectivity index (χ1n) is 4.95. The number of carbonyl (C=O) groups excluding carboxylic acids is 1. The van der Waals surface area contributed by atoms with Crippen LogP contribution in [-0.2, 0) is 19.0 Å². The Hall–Kier alpha value is -0.530. The lowest BCUT2D eigenvalue weighted by atomic mass is 10.5. The maximum atomic E-state index is 9.91. The van der Waals surface area contributed by atoms with Gasteiger partial charge in [-0.3, -0.25) is 0 Å². The summed E-state index contributed by atoms with van der Waals surface area (Å²) in [7, 11) is 0. The van der Waals surface area contributed by atoms with Gasteiger partial charge in [0.15, 0.2) is 0 Å². The van der Waals surface area contributed by atoms with Gasteiger partial charge in [-0.1, -0.05) is 0 Å². The Morgan fingerprint density at radius 2 is 1.47 bits per heavy atom. The number of hydroxylamine groups is 1. The molecule has 0 spiro atoms. The summed E-state index contributed by atoms with van der Waals surface area (Å²) in [5, 5.41) is 8.21. The SMILES string of the molecule is O=CCCOCCOCCOCCNO. The summed E-state index contributed by atoms with van der Waals surface area (Å²) >= 11 is 0. The third-order valence-electron chi connectivity index (χ3n) is 1.48. The van der Waals surface area contributed by atoms with Gasteiger partial charge in [-0.25, -0.2) is 5.48 Å². The first-order valence-corrected chi connectivity index (χ1v) is 4.95. The topological polar surface area (TPSA) is 77.0 Å². The number of hydrogen-bond donors (Lipinski definition) is 2. The van der Waals surface area contributed by atoms with Crippen LogP contribution >= 0.6 is 0 Å². The van der Waals surface area contributed by atoms with Crippen molar-refractivity contribution >= 4 is 6.29 Å². The van der Waals surface area contributed by atoms with Crippen molar-refractivity contribution in [2.24, 2.45) is 0 Å². The van der Waals surface area contributed by atoms with Crippen LogP contribution in [0.2, 0.25) is 0 Å². The highest BCUT2D eigenvalue weighted by Gasteiger charge is 1.91. The smallest absolute Gasteiger partial charge is 0.122 e. The monoisotopic (exact) mass is 221 g/mol. The zero-order valence-corrected chi connectivity index (χ0v) is 8.81. The van der Waals surface area contributed by atoms with E-state index in [1.165, 1.54) is 0 Å². The molecule has 90 valence electrons. The third kappa shape index (κ3) is 13.5. The van der Waals surface area contributed by atoms with Crippen LogP contribution in [-0.4, -0.2) is 57.7 Å². The van der Waals surface area contributed by atoms with Crippen LogP contribution in [0.1, 0.15) is 6.42 Å². The van der Waals surface area contributed by atoms with Crippen LogP contribution in [0.25, 0.3) is 0 Å². The summed E-state index contributed by atoms with van der Waals surface area (Å²) in [6.07, 6.45) is 1.25. The molecule has 0 unspecified atom stereocenters. The maximum absolute atomic E-state index is 9.91. The van der Waals surface area contributed by atoms with Gasteiger partial charge in [-0.15, -0.1) is 0 Å². The molecule has 0 atom stereocenters. The molecule has 0 fully saturated rings. The first kappa shape index (κ1) is 14.5. The summed E-state index contributed by atoms with van der Waals surface area (Å²) in [5.74, 6) is 0. The van der Waals surface area contributed by atoms with Crippen molar-refractivity contribution in [2.45, 2.75) is 6.42 Å². The van der Waals surface area contributed by atoms with Crippen LogP contribution in [0, 0.1) is 0 Å². The molecule has 0 amide bonds. The van der Waals surface area contributed by atoms with Crippen LogP contribution < -0.4 is 5.48 Å². The fourth-order valence-corrected chi connectivity index (χ4v) is 0.791. The number of ether oxygens (including phenoxy) is 3. The van der Waals surface area contributed by atoms with Gasteiger partial charge in [-0.2, -0.15) is 0 Å². The number of nitrogens with one attached hydrogen (secondary N) is 1. The predicted molar refractivity (Wildman–Crippen MR) is 52.9 cm³/mol. The van der Waals surface area contributed by atoms with Crippen molar-refractivity contribution < 1.29 is 24.2 Å². The Labute approximate surface area is 89.5 Å². The molecule has 0 saturated heterocycles. The molecular weight excluding hydrogens is 202 g/mol. The molecule has 0 aromatic heterocycles. The minimum atomic E-state index is 0.412. The number of hydrogen-bond acceptors (Lipinski definition) is 6. The molecule has 0 aromatic rings. The van der Waals surface area contributed by atoms with E-state index in [0.717, 1.165) is 6.29 Å². The van der Waals surface area contributed by atoms with Gasteiger partial charge in [0.1, 0.15) is 6.29 Å². The highest BCUT2D eigenvalue weighted by molar-refractivity contribution is 5.49. The lowest BCUT2D eigenvalue weighted by Crippen LogP contribution is -2.17. The fraction of sp³-hybridized carbons (Fsp3) is 0.889. The van der Waals surface area contributed by atoms with E-state index in [0.29, 0.717) is 52.6 Å². The van der Waals surface area contributed by atoms with Gasteiger partial charge in [0.05, 0.1) is 39.6 Å². The highest BCUT2D eigenvalue weighted by Crippen LogP contribution is 1.82. The van der Waals surface area contributed by atoms with Crippen molar-refractivity contribution in [1.82, 2.24) is 5.48 Å². The van der Waals surface area contributed by atoms with Gasteiger partial charge in [0.2, 0.25) is 0 Å². The summed E-state index contributed by atoms with van der Waals surface area (Å²) in [5.41, 5.74) is 1.98. The van der Waals surface area contributed by atoms with E-state index >= 15 is 0 Å². The number of rotatable bonds is 12. The van der Waals surface area contributed by atoms with Gasteiger partial charge in [0.25, 0.3) is 0 Å². The van der Waals surface area contributed by atoms with E-state index in [1.807, 2.05) is 5.48 Å². The van der Waals surface area contributed by atoms with Gasteiger partial charge >= 0.3 is 0 Å². The average molecular weight is 221 g/mol. The average Bonchev–Trinajstić information content (AvgIpc) is 2.26. The summed E-state index contributed by atoms with van der Waals surface area (Å²) in [4.78, 5) is 9.91. The molecule has 0 aliphatic rings. The normalized spacial score (nSPS) is 10.5. The second-order valence-corrected chi connectivity index (χ2v) is 2.70. The third-order valence-corrected chi connectivity index (χ3v) is 1.48. The van der Waals surface area contributed by atoms with Crippen LogP contribution in [0.5, 0.6) is 0 Å². The van der Waals surface area contributed by atoms with Crippen molar-refractivity contribution in [3.63, 3.8) is 0 Å². The zero-order chi connectivity index (χ0) is 11.2. The fourth-order valence-electron chi connectivity index (χ4n) is 0.791. The zero-order valence-electron chi connectivity index (χ0n) is 8.81. The second-order valence-electron chi connectivity index (χ2n) is 2.70. The molecular formula is C9H19NO5. The van der Waals surface area contributed by atoms with Crippen molar-refractivity contribution in [2.75, 3.05) is 46.2 Å². The Morgan fingerprint density at radius 1 is 0.933 bits per heavy atom. The van der Waals surface area contributed by atoms with Crippen molar-refractivity contribution in [1.29, 1.82) is 0 Å². The first-order chi connectivity index (χ1) is 7.41. The molecule has 6 nitrogen and oxygen atoms in total. The van der Waals surface area contributed by atoms with E-state index in [1.54, 1.807) is 0 Å². The molecule has 2 N–H and O–H groups in total. The summed E-state index contributed by atoms with van der Waals surface area (Å²) in [6.45, 7) is 3.31. The molecule has 15 heavy (non-hydrogen) atoms. The molecule has 0 aromatic carbocycles. The van der Waals surface area contributed by atoms with E-state index in [2.05, 4.69) is 0 Å². The molecule has 0 saturated carbocycles. The maximum Gasteiger partial charge on any atom is 0.122 e. The van der Waals surface area contributed by atoms with E-state index in [4.69, 9.17) is 19.4 Å². The molecule has 6 heteroatoms. The van der Waals surface area contributed by atoms with E-state index in [-0.39, 0.29) is 0 Å². The predicted octanol–water partition coefficient (Wildman–Crippen LogP) is -0.396. The Morgan fingerprint density at radius 3 is 2.00 bits per heavy atom. The summed E-state index contributed by atoms with van der Waals surface area (Å²) in [6, 6.07) is 0. The highest BCUT2D eigenvalue weighted by atomic mass is 16.5. The van der Waals surface area contributed by atoms with Crippen molar-refractivity contribution in [3.8, 4) is 0 Å². The molecule has 0 bridgehead atoms. The Bertz CT molecular complexity index is 134. The number of aldehydes is 1. The van der Waals surface area contributed by atoms with Crippen molar-refractivity contribution in [3.05, 3.63) is 0 Å². The van der Waals surface area contributed by atoms with Crippen LogP contribution in [0.15, 0.2) is 0 Å².